The molecule has 0 aromatic carbocycles. The SMILES string of the molecule is CCCCCCCCCCCCCCCCCC(=O)OC(C)=O.[KH]. The summed E-state index contributed by atoms with van der Waals surface area (Å²) in [5.74, 6) is -0.886. The van der Waals surface area contributed by atoms with E-state index in [9.17, 15) is 9.59 Å². The number of ether oxygens (including phenoxy) is 1. The minimum atomic E-state index is -0.504. The van der Waals surface area contributed by atoms with Gasteiger partial charge >= 0.3 is 63.3 Å². The predicted octanol–water partition coefficient (Wildman–Crippen LogP) is 5.69. The monoisotopic (exact) mass is 366 g/mol. The fourth-order valence-corrected chi connectivity index (χ4v) is 2.85. The number of unbranched alkanes of at least 4 members (excludes halogenated alkanes) is 14. The van der Waals surface area contributed by atoms with Crippen LogP contribution in [0.2, 0.25) is 0 Å². The molecule has 0 saturated heterocycles. The number of hydrogen-bond acceptors (Lipinski definition) is 3. The average Bonchev–Trinajstić information content (AvgIpc) is 2.50. The molecule has 0 unspecified atom stereocenters. The van der Waals surface area contributed by atoms with Crippen molar-refractivity contribution < 1.29 is 14.3 Å². The van der Waals surface area contributed by atoms with Gasteiger partial charge in [0.2, 0.25) is 0 Å². The van der Waals surface area contributed by atoms with Crippen molar-refractivity contribution in [1.29, 1.82) is 0 Å². The molecule has 3 nitrogen and oxygen atoms in total. The number of esters is 2. The first kappa shape index (κ1) is 27.0. The zero-order valence-corrected chi connectivity index (χ0v) is 15.5. The van der Waals surface area contributed by atoms with Gasteiger partial charge in [0.15, 0.2) is 0 Å². The van der Waals surface area contributed by atoms with Crippen molar-refractivity contribution in [1.82, 2.24) is 0 Å². The van der Waals surface area contributed by atoms with E-state index in [-0.39, 0.29) is 57.4 Å². The Bertz CT molecular complexity index is 293. The van der Waals surface area contributed by atoms with E-state index in [2.05, 4.69) is 11.7 Å². The summed E-state index contributed by atoms with van der Waals surface area (Å²) in [5.41, 5.74) is 0. The van der Waals surface area contributed by atoms with Gasteiger partial charge < -0.3 is 4.74 Å². The van der Waals surface area contributed by atoms with Crippen molar-refractivity contribution in [2.45, 2.75) is 117 Å². The van der Waals surface area contributed by atoms with Crippen LogP contribution in [-0.2, 0) is 14.3 Å². The van der Waals surface area contributed by atoms with Crippen LogP contribution < -0.4 is 0 Å². The number of carbonyl (C=O) groups is 2. The molecule has 4 heteroatoms. The Morgan fingerprint density at radius 2 is 0.958 bits per heavy atom. The number of rotatable bonds is 16. The minimum absolute atomic E-state index is 0. The molecule has 0 aliphatic rings. The van der Waals surface area contributed by atoms with E-state index in [1.54, 1.807) is 0 Å². The molecule has 0 bridgehead atoms. The van der Waals surface area contributed by atoms with E-state index in [0.717, 1.165) is 12.8 Å². The van der Waals surface area contributed by atoms with E-state index < -0.39 is 5.97 Å². The Morgan fingerprint density at radius 1 is 0.625 bits per heavy atom. The van der Waals surface area contributed by atoms with Crippen LogP contribution >= 0.6 is 0 Å². The van der Waals surface area contributed by atoms with Crippen molar-refractivity contribution in [3.05, 3.63) is 0 Å². The van der Waals surface area contributed by atoms with Crippen molar-refractivity contribution >= 4 is 63.3 Å². The molecule has 0 saturated carbocycles. The molecule has 0 aromatic heterocycles. The van der Waals surface area contributed by atoms with Crippen molar-refractivity contribution in [2.75, 3.05) is 0 Å². The maximum absolute atomic E-state index is 11.1. The van der Waals surface area contributed by atoms with E-state index >= 15 is 0 Å². The van der Waals surface area contributed by atoms with Gasteiger partial charge in [0.25, 0.3) is 0 Å². The summed E-state index contributed by atoms with van der Waals surface area (Å²) in [6, 6.07) is 0. The third kappa shape index (κ3) is 22.8. The van der Waals surface area contributed by atoms with Gasteiger partial charge in [-0.2, -0.15) is 0 Å². The molecule has 0 aromatic rings. The zero-order valence-electron chi connectivity index (χ0n) is 15.5. The number of carbonyl (C=O) groups excluding carboxylic acids is 2. The molecular formula is C20H39KO3. The second-order valence-corrected chi connectivity index (χ2v) is 6.67. The first-order valence-corrected chi connectivity index (χ1v) is 9.88. The summed E-state index contributed by atoms with van der Waals surface area (Å²) < 4.78 is 4.49. The Morgan fingerprint density at radius 3 is 1.29 bits per heavy atom. The van der Waals surface area contributed by atoms with Gasteiger partial charge in [0.1, 0.15) is 0 Å². The van der Waals surface area contributed by atoms with Crippen molar-refractivity contribution in [2.24, 2.45) is 0 Å². The first-order valence-electron chi connectivity index (χ1n) is 9.88. The van der Waals surface area contributed by atoms with E-state index in [0.29, 0.717) is 6.42 Å². The molecule has 0 spiro atoms. The van der Waals surface area contributed by atoms with E-state index in [1.807, 2.05) is 0 Å². The molecule has 0 aliphatic heterocycles. The molecule has 0 amide bonds. The molecule has 0 fully saturated rings. The Kier molecular flexibility index (Phi) is 24.5. The zero-order chi connectivity index (χ0) is 17.2. The van der Waals surface area contributed by atoms with Gasteiger partial charge in [-0.1, -0.05) is 96.8 Å². The van der Waals surface area contributed by atoms with Gasteiger partial charge in [0.05, 0.1) is 0 Å². The third-order valence-electron chi connectivity index (χ3n) is 4.24. The Hall–Kier alpha value is 0.776. The maximum atomic E-state index is 11.1. The molecular weight excluding hydrogens is 327 g/mol. The predicted molar refractivity (Wildman–Crippen MR) is 103 cm³/mol. The molecule has 0 rings (SSSR count). The van der Waals surface area contributed by atoms with E-state index in [1.165, 1.54) is 90.4 Å². The summed E-state index contributed by atoms with van der Waals surface area (Å²) in [5, 5.41) is 0. The van der Waals surface area contributed by atoms with Crippen molar-refractivity contribution in [3.8, 4) is 0 Å². The molecule has 0 N–H and O–H groups in total. The van der Waals surface area contributed by atoms with Gasteiger partial charge in [-0.25, -0.2) is 0 Å². The normalized spacial score (nSPS) is 10.2. The second-order valence-electron chi connectivity index (χ2n) is 6.67. The van der Waals surface area contributed by atoms with Gasteiger partial charge in [0, 0.05) is 13.3 Å². The quantitative estimate of drug-likeness (QED) is 0.152. The van der Waals surface area contributed by atoms with Gasteiger partial charge in [-0.15, -0.1) is 0 Å². The molecule has 0 aliphatic carbocycles. The molecule has 0 radical (unpaired) electrons. The molecule has 24 heavy (non-hydrogen) atoms. The van der Waals surface area contributed by atoms with Crippen LogP contribution in [0, 0.1) is 0 Å². The van der Waals surface area contributed by atoms with Crippen molar-refractivity contribution in [3.63, 3.8) is 0 Å². The van der Waals surface area contributed by atoms with Crippen LogP contribution in [0.3, 0.4) is 0 Å². The fraction of sp³-hybridized carbons (Fsp3) is 0.900. The van der Waals surface area contributed by atoms with E-state index in [4.69, 9.17) is 0 Å². The molecule has 0 heterocycles. The molecule has 138 valence electrons. The second kappa shape index (κ2) is 21.8. The third-order valence-corrected chi connectivity index (χ3v) is 4.24. The first-order chi connectivity index (χ1) is 11.2. The van der Waals surface area contributed by atoms with Crippen LogP contribution in [-0.4, -0.2) is 63.3 Å². The van der Waals surface area contributed by atoms with Gasteiger partial charge in [-0.3, -0.25) is 9.59 Å². The van der Waals surface area contributed by atoms with Crippen LogP contribution in [0.25, 0.3) is 0 Å². The fourth-order valence-electron chi connectivity index (χ4n) is 2.85. The molecule has 0 atom stereocenters. The Balaban J connectivity index is 0. The average molecular weight is 367 g/mol. The standard InChI is InChI=1S/C20H38O3.K.H/c1-3-4-5-6-7-8-9-10-11-12-13-14-15-16-17-18-20(22)23-19(2)21;;/h3-18H2,1-2H3;;. The summed E-state index contributed by atoms with van der Waals surface area (Å²) in [6.45, 7) is 3.53. The van der Waals surface area contributed by atoms with Crippen LogP contribution in [0.15, 0.2) is 0 Å². The van der Waals surface area contributed by atoms with Crippen LogP contribution in [0.4, 0.5) is 0 Å². The summed E-state index contributed by atoms with van der Waals surface area (Å²) >= 11 is 0. The summed E-state index contributed by atoms with van der Waals surface area (Å²) in [7, 11) is 0. The number of hydrogen-bond donors (Lipinski definition) is 0. The summed E-state index contributed by atoms with van der Waals surface area (Å²) in [4.78, 5) is 21.7. The van der Waals surface area contributed by atoms with Crippen LogP contribution in [0.5, 0.6) is 0 Å². The topological polar surface area (TPSA) is 43.4 Å². The Labute approximate surface area is 192 Å². The van der Waals surface area contributed by atoms with Gasteiger partial charge in [-0.05, 0) is 6.42 Å². The summed E-state index contributed by atoms with van der Waals surface area (Å²) in [6.07, 6.45) is 20.0. The van der Waals surface area contributed by atoms with Crippen LogP contribution in [0.1, 0.15) is 117 Å².